The van der Waals surface area contributed by atoms with E-state index in [1.807, 2.05) is 44.0 Å². The third-order valence-electron chi connectivity index (χ3n) is 5.62. The minimum absolute atomic E-state index is 0.103. The topological polar surface area (TPSA) is 58.4 Å². The molecule has 6 nitrogen and oxygen atoms in total. The minimum atomic E-state index is -0.148. The molecule has 0 aliphatic carbocycles. The molecule has 0 saturated carbocycles. The lowest BCUT2D eigenvalue weighted by molar-refractivity contribution is 0.0609. The van der Waals surface area contributed by atoms with E-state index in [-0.39, 0.29) is 23.6 Å². The van der Waals surface area contributed by atoms with Crippen LogP contribution >= 0.6 is 0 Å². The van der Waals surface area contributed by atoms with E-state index < -0.39 is 0 Å². The van der Waals surface area contributed by atoms with E-state index in [4.69, 9.17) is 0 Å². The van der Waals surface area contributed by atoms with Crippen molar-refractivity contribution in [3.63, 3.8) is 0 Å². The van der Waals surface area contributed by atoms with Crippen LogP contribution < -0.4 is 5.56 Å². The molecule has 146 valence electrons. The van der Waals surface area contributed by atoms with E-state index >= 15 is 0 Å². The summed E-state index contributed by atoms with van der Waals surface area (Å²) in [4.78, 5) is 30.2. The first kappa shape index (κ1) is 19.5. The molecule has 2 heterocycles. The molecule has 1 aliphatic rings. The van der Waals surface area contributed by atoms with Crippen LogP contribution in [0.3, 0.4) is 0 Å². The molecule has 6 heteroatoms. The van der Waals surface area contributed by atoms with Gasteiger partial charge in [-0.3, -0.25) is 9.59 Å². The van der Waals surface area contributed by atoms with Crippen molar-refractivity contribution in [2.75, 3.05) is 20.1 Å². The second-order valence-corrected chi connectivity index (χ2v) is 8.01. The number of likely N-dealkylation sites (tertiary alicyclic amines) is 1. The maximum absolute atomic E-state index is 13.3. The average molecular weight is 370 g/mol. The molecular formula is C21H30N4O2. The maximum atomic E-state index is 13.3. The van der Waals surface area contributed by atoms with Gasteiger partial charge in [-0.05, 0) is 46.6 Å². The molecule has 1 aromatic heterocycles. The second-order valence-electron chi connectivity index (χ2n) is 8.01. The van der Waals surface area contributed by atoms with Crippen molar-refractivity contribution in [2.24, 2.45) is 0 Å². The van der Waals surface area contributed by atoms with Crippen LogP contribution in [0, 0.1) is 0 Å². The molecule has 1 aromatic carbocycles. The van der Waals surface area contributed by atoms with Gasteiger partial charge in [0, 0.05) is 37.6 Å². The summed E-state index contributed by atoms with van der Waals surface area (Å²) in [7, 11) is 1.86. The van der Waals surface area contributed by atoms with Crippen molar-refractivity contribution in [3.8, 4) is 0 Å². The van der Waals surface area contributed by atoms with Crippen molar-refractivity contribution in [3.05, 3.63) is 40.3 Å². The van der Waals surface area contributed by atoms with Gasteiger partial charge >= 0.3 is 0 Å². The molecule has 1 amide bonds. The van der Waals surface area contributed by atoms with Crippen LogP contribution in [0.1, 0.15) is 57.1 Å². The summed E-state index contributed by atoms with van der Waals surface area (Å²) < 4.78 is 1.42. The molecule has 1 fully saturated rings. The highest BCUT2D eigenvalue weighted by Crippen LogP contribution is 2.21. The van der Waals surface area contributed by atoms with Gasteiger partial charge in [-0.15, -0.1) is 0 Å². The molecule has 2 aromatic rings. The molecule has 0 bridgehead atoms. The van der Waals surface area contributed by atoms with Crippen LogP contribution in [0.2, 0.25) is 0 Å². The fourth-order valence-electron chi connectivity index (χ4n) is 3.84. The van der Waals surface area contributed by atoms with Gasteiger partial charge in [-0.2, -0.15) is 5.10 Å². The second kappa shape index (κ2) is 7.80. The number of hydrogen-bond acceptors (Lipinski definition) is 4. The van der Waals surface area contributed by atoms with Gasteiger partial charge < -0.3 is 9.80 Å². The standard InChI is InChI=1S/C21H30N4O2/c1-14(2)24-12-10-16(11-13-24)23(5)21(27)19-17-8-6-7-9-18(17)20(26)25(22-19)15(3)4/h6-9,14-16H,10-13H2,1-5H3. The van der Waals surface area contributed by atoms with Crippen molar-refractivity contribution in [1.29, 1.82) is 0 Å². The molecule has 1 saturated heterocycles. The largest absolute Gasteiger partial charge is 0.337 e. The molecule has 3 rings (SSSR count). The predicted octanol–water partition coefficient (Wildman–Crippen LogP) is 2.92. The molecule has 1 aliphatic heterocycles. The number of nitrogens with zero attached hydrogens (tertiary/aromatic N) is 4. The van der Waals surface area contributed by atoms with Crippen LogP contribution in [0.25, 0.3) is 10.8 Å². The van der Waals surface area contributed by atoms with Gasteiger partial charge in [-0.25, -0.2) is 4.68 Å². The Hall–Kier alpha value is -2.21. The molecule has 0 radical (unpaired) electrons. The zero-order valence-corrected chi connectivity index (χ0v) is 17.0. The van der Waals surface area contributed by atoms with Crippen LogP contribution in [-0.2, 0) is 0 Å². The Kier molecular flexibility index (Phi) is 5.65. The lowest BCUT2D eigenvalue weighted by Gasteiger charge is -2.38. The molecular weight excluding hydrogens is 340 g/mol. The van der Waals surface area contributed by atoms with Gasteiger partial charge in [0.1, 0.15) is 0 Å². The summed E-state index contributed by atoms with van der Waals surface area (Å²) in [5.74, 6) is -0.108. The van der Waals surface area contributed by atoms with Crippen molar-refractivity contribution in [2.45, 2.75) is 58.7 Å². The SMILES string of the molecule is CC(C)N1CCC(N(C)C(=O)c2nn(C(C)C)c(=O)c3ccccc23)CC1. The maximum Gasteiger partial charge on any atom is 0.274 e. The molecule has 0 N–H and O–H groups in total. The Labute approximate surface area is 160 Å². The van der Waals surface area contributed by atoms with E-state index in [1.54, 1.807) is 6.07 Å². The zero-order chi connectivity index (χ0) is 19.7. The monoisotopic (exact) mass is 370 g/mol. The fraction of sp³-hybridized carbons (Fsp3) is 0.571. The Morgan fingerprint density at radius 2 is 1.67 bits per heavy atom. The number of aromatic nitrogens is 2. The quantitative estimate of drug-likeness (QED) is 0.830. The summed E-state index contributed by atoms with van der Waals surface area (Å²) in [6, 6.07) is 7.90. The first-order valence-corrected chi connectivity index (χ1v) is 9.84. The molecule has 0 spiro atoms. The first-order chi connectivity index (χ1) is 12.8. The first-order valence-electron chi connectivity index (χ1n) is 9.84. The Balaban J connectivity index is 1.94. The van der Waals surface area contributed by atoms with Gasteiger partial charge in [0.05, 0.1) is 11.4 Å². The van der Waals surface area contributed by atoms with E-state index in [0.717, 1.165) is 25.9 Å². The highest BCUT2D eigenvalue weighted by atomic mass is 16.2. The van der Waals surface area contributed by atoms with Crippen LogP contribution in [0.4, 0.5) is 0 Å². The third kappa shape index (κ3) is 3.76. The Bertz CT molecular complexity index is 879. The number of hydrogen-bond donors (Lipinski definition) is 0. The Morgan fingerprint density at radius 1 is 1.07 bits per heavy atom. The smallest absolute Gasteiger partial charge is 0.274 e. The highest BCUT2D eigenvalue weighted by molar-refractivity contribution is 6.04. The lowest BCUT2D eigenvalue weighted by atomic mass is 10.0. The predicted molar refractivity (Wildman–Crippen MR) is 108 cm³/mol. The number of carbonyl (C=O) groups excluding carboxylic acids is 1. The van der Waals surface area contributed by atoms with Crippen LogP contribution in [0.15, 0.2) is 29.1 Å². The fourth-order valence-corrected chi connectivity index (χ4v) is 3.84. The third-order valence-corrected chi connectivity index (χ3v) is 5.62. The summed E-state index contributed by atoms with van der Waals surface area (Å²) in [6.07, 6.45) is 1.92. The summed E-state index contributed by atoms with van der Waals surface area (Å²) in [6.45, 7) is 10.2. The van der Waals surface area contributed by atoms with E-state index in [9.17, 15) is 9.59 Å². The average Bonchev–Trinajstić information content (AvgIpc) is 2.67. The summed E-state index contributed by atoms with van der Waals surface area (Å²) >= 11 is 0. The number of amides is 1. The van der Waals surface area contributed by atoms with Crippen molar-refractivity contribution >= 4 is 16.7 Å². The van der Waals surface area contributed by atoms with E-state index in [2.05, 4.69) is 23.8 Å². The number of piperidine rings is 1. The van der Waals surface area contributed by atoms with Crippen molar-refractivity contribution < 1.29 is 4.79 Å². The number of fused-ring (bicyclic) bond motifs is 1. The van der Waals surface area contributed by atoms with Gasteiger partial charge in [0.15, 0.2) is 5.69 Å². The van der Waals surface area contributed by atoms with Crippen molar-refractivity contribution in [1.82, 2.24) is 19.6 Å². The highest BCUT2D eigenvalue weighted by Gasteiger charge is 2.29. The summed E-state index contributed by atoms with van der Waals surface area (Å²) in [5.41, 5.74) is 0.220. The van der Waals surface area contributed by atoms with Gasteiger partial charge in [0.2, 0.25) is 0 Å². The van der Waals surface area contributed by atoms with E-state index in [0.29, 0.717) is 22.5 Å². The van der Waals surface area contributed by atoms with Crippen LogP contribution in [-0.4, -0.2) is 57.7 Å². The number of carbonyl (C=O) groups is 1. The normalized spacial score (nSPS) is 16.4. The number of rotatable bonds is 4. The Morgan fingerprint density at radius 3 is 2.22 bits per heavy atom. The minimum Gasteiger partial charge on any atom is -0.337 e. The molecule has 0 unspecified atom stereocenters. The van der Waals surface area contributed by atoms with Gasteiger partial charge in [0.25, 0.3) is 11.5 Å². The summed E-state index contributed by atoms with van der Waals surface area (Å²) in [5, 5.41) is 5.65. The van der Waals surface area contributed by atoms with Crippen LogP contribution in [0.5, 0.6) is 0 Å². The lowest BCUT2D eigenvalue weighted by Crippen LogP contribution is -2.47. The van der Waals surface area contributed by atoms with Gasteiger partial charge in [-0.1, -0.05) is 18.2 Å². The molecule has 0 atom stereocenters. The molecule has 27 heavy (non-hydrogen) atoms. The zero-order valence-electron chi connectivity index (χ0n) is 17.0. The van der Waals surface area contributed by atoms with E-state index in [1.165, 1.54) is 4.68 Å². The number of benzene rings is 1.